The van der Waals surface area contributed by atoms with E-state index in [-0.39, 0.29) is 17.3 Å². The van der Waals surface area contributed by atoms with Gasteiger partial charge < -0.3 is 10.1 Å². The average molecular weight is 377 g/mol. The molecule has 0 aliphatic heterocycles. The Bertz CT molecular complexity index is 851. The van der Waals surface area contributed by atoms with E-state index in [9.17, 15) is 13.2 Å². The van der Waals surface area contributed by atoms with E-state index in [1.54, 1.807) is 19.2 Å². The van der Waals surface area contributed by atoms with Crippen LogP contribution in [0.1, 0.15) is 11.1 Å². The summed E-state index contributed by atoms with van der Waals surface area (Å²) in [6.07, 6.45) is 0. The molecule has 0 radical (unpaired) electrons. The van der Waals surface area contributed by atoms with E-state index in [0.29, 0.717) is 13.1 Å². The first-order valence-electron chi connectivity index (χ1n) is 7.98. The van der Waals surface area contributed by atoms with Crippen molar-refractivity contribution in [2.45, 2.75) is 18.0 Å². The summed E-state index contributed by atoms with van der Waals surface area (Å²) >= 11 is 0. The zero-order chi connectivity index (χ0) is 19.2. The van der Waals surface area contributed by atoms with Crippen molar-refractivity contribution >= 4 is 15.9 Å². The first kappa shape index (κ1) is 19.9. The fraction of sp³-hybridized carbons (Fsp3) is 0.278. The van der Waals surface area contributed by atoms with E-state index in [4.69, 9.17) is 9.88 Å². The molecule has 0 heterocycles. The number of nitrogens with two attached hydrogens (primary N) is 1. The normalized spacial score (nSPS) is 11.4. The Morgan fingerprint density at radius 2 is 1.81 bits per heavy atom. The quantitative estimate of drug-likeness (QED) is 0.717. The fourth-order valence-corrected chi connectivity index (χ4v) is 2.99. The number of sulfonamides is 1. The van der Waals surface area contributed by atoms with Gasteiger partial charge in [-0.05, 0) is 30.8 Å². The number of nitrogens with one attached hydrogen (secondary N) is 1. The van der Waals surface area contributed by atoms with Crippen molar-refractivity contribution in [3.63, 3.8) is 0 Å². The maximum Gasteiger partial charge on any atom is 0.238 e. The van der Waals surface area contributed by atoms with E-state index in [1.807, 2.05) is 36.2 Å². The standard InChI is InChI=1S/C18H23N3O4S/c1-21(12-15-5-3-4-6-17(15)25-2)13-18(22)20-11-14-7-9-16(10-8-14)26(19,23)24/h3-10H,11-13H2,1-2H3,(H,20,22)(H2,19,23,24). The highest BCUT2D eigenvalue weighted by Crippen LogP contribution is 2.18. The summed E-state index contributed by atoms with van der Waals surface area (Å²) in [6.45, 7) is 1.13. The molecule has 0 spiro atoms. The summed E-state index contributed by atoms with van der Waals surface area (Å²) < 4.78 is 27.8. The van der Waals surface area contributed by atoms with Crippen molar-refractivity contribution in [2.24, 2.45) is 5.14 Å². The Hall–Kier alpha value is -2.42. The third kappa shape index (κ3) is 5.83. The molecule has 0 fully saturated rings. The van der Waals surface area contributed by atoms with Gasteiger partial charge in [0, 0.05) is 18.7 Å². The maximum absolute atomic E-state index is 12.1. The molecule has 0 atom stereocenters. The summed E-state index contributed by atoms with van der Waals surface area (Å²) in [5.41, 5.74) is 1.79. The number of carbonyl (C=O) groups excluding carboxylic acids is 1. The fourth-order valence-electron chi connectivity index (χ4n) is 2.48. The molecule has 2 aromatic carbocycles. The van der Waals surface area contributed by atoms with Gasteiger partial charge in [0.05, 0.1) is 18.6 Å². The zero-order valence-corrected chi connectivity index (χ0v) is 15.6. The summed E-state index contributed by atoms with van der Waals surface area (Å²) in [7, 11) is -0.235. The first-order valence-corrected chi connectivity index (χ1v) is 9.53. The number of primary sulfonamides is 1. The maximum atomic E-state index is 12.1. The summed E-state index contributed by atoms with van der Waals surface area (Å²) in [5, 5.41) is 7.87. The molecule has 0 unspecified atom stereocenters. The van der Waals surface area contributed by atoms with Crippen molar-refractivity contribution in [1.29, 1.82) is 0 Å². The van der Waals surface area contributed by atoms with Gasteiger partial charge in [0.15, 0.2) is 0 Å². The number of hydrogen-bond donors (Lipinski definition) is 2. The van der Waals surface area contributed by atoms with E-state index in [2.05, 4.69) is 5.32 Å². The number of amides is 1. The lowest BCUT2D eigenvalue weighted by Gasteiger charge is -2.18. The van der Waals surface area contributed by atoms with Crippen LogP contribution in [-0.4, -0.2) is 39.9 Å². The molecule has 2 aromatic rings. The summed E-state index contributed by atoms with van der Waals surface area (Å²) in [4.78, 5) is 14.0. The second-order valence-electron chi connectivity index (χ2n) is 5.95. The van der Waals surface area contributed by atoms with Crippen LogP contribution in [0.2, 0.25) is 0 Å². The highest BCUT2D eigenvalue weighted by Gasteiger charge is 2.10. The van der Waals surface area contributed by atoms with E-state index in [1.165, 1.54) is 12.1 Å². The molecule has 0 aromatic heterocycles. The van der Waals surface area contributed by atoms with Crippen molar-refractivity contribution in [2.75, 3.05) is 20.7 Å². The Balaban J connectivity index is 1.84. The number of ether oxygens (including phenoxy) is 1. The molecule has 0 bridgehead atoms. The van der Waals surface area contributed by atoms with Gasteiger partial charge in [0.1, 0.15) is 5.75 Å². The number of rotatable bonds is 8. The number of nitrogens with zero attached hydrogens (tertiary/aromatic N) is 1. The Morgan fingerprint density at radius 1 is 1.15 bits per heavy atom. The van der Waals surface area contributed by atoms with Crippen LogP contribution in [0.3, 0.4) is 0 Å². The molecule has 0 saturated carbocycles. The van der Waals surface area contributed by atoms with Crippen molar-refractivity contribution < 1.29 is 17.9 Å². The Kier molecular flexibility index (Phi) is 6.73. The SMILES string of the molecule is COc1ccccc1CN(C)CC(=O)NCc1ccc(S(N)(=O)=O)cc1. The molecular formula is C18H23N3O4S. The number of benzene rings is 2. The van der Waals surface area contributed by atoms with Crippen LogP contribution in [-0.2, 0) is 27.9 Å². The number of carbonyl (C=O) groups is 1. The number of likely N-dealkylation sites (N-methyl/N-ethyl adjacent to an activating group) is 1. The Morgan fingerprint density at radius 3 is 2.42 bits per heavy atom. The zero-order valence-electron chi connectivity index (χ0n) is 14.8. The van der Waals surface area contributed by atoms with Gasteiger partial charge in [-0.1, -0.05) is 30.3 Å². The van der Waals surface area contributed by atoms with Crippen LogP contribution in [0.4, 0.5) is 0 Å². The molecule has 26 heavy (non-hydrogen) atoms. The van der Waals surface area contributed by atoms with Crippen LogP contribution in [0.5, 0.6) is 5.75 Å². The van der Waals surface area contributed by atoms with Gasteiger partial charge in [0.25, 0.3) is 0 Å². The van der Waals surface area contributed by atoms with Crippen molar-refractivity contribution in [3.8, 4) is 5.75 Å². The number of hydrogen-bond acceptors (Lipinski definition) is 5. The lowest BCUT2D eigenvalue weighted by atomic mass is 10.2. The van der Waals surface area contributed by atoms with E-state index >= 15 is 0 Å². The van der Waals surface area contributed by atoms with Crippen molar-refractivity contribution in [1.82, 2.24) is 10.2 Å². The molecular weight excluding hydrogens is 354 g/mol. The monoisotopic (exact) mass is 377 g/mol. The molecule has 0 saturated heterocycles. The average Bonchev–Trinajstić information content (AvgIpc) is 2.60. The van der Waals surface area contributed by atoms with Gasteiger partial charge in [0.2, 0.25) is 15.9 Å². The van der Waals surface area contributed by atoms with Gasteiger partial charge in [-0.2, -0.15) is 0 Å². The highest BCUT2D eigenvalue weighted by atomic mass is 32.2. The van der Waals surface area contributed by atoms with E-state index < -0.39 is 10.0 Å². The predicted octanol–water partition coefficient (Wildman–Crippen LogP) is 1.09. The van der Waals surface area contributed by atoms with Crippen LogP contribution in [0.15, 0.2) is 53.4 Å². The molecule has 8 heteroatoms. The van der Waals surface area contributed by atoms with Gasteiger partial charge >= 0.3 is 0 Å². The second-order valence-corrected chi connectivity index (χ2v) is 7.51. The topological polar surface area (TPSA) is 102 Å². The summed E-state index contributed by atoms with van der Waals surface area (Å²) in [5.74, 6) is 0.660. The lowest BCUT2D eigenvalue weighted by molar-refractivity contribution is -0.122. The minimum absolute atomic E-state index is 0.0455. The minimum Gasteiger partial charge on any atom is -0.496 e. The molecule has 1 amide bonds. The van der Waals surface area contributed by atoms with Crippen LogP contribution in [0, 0.1) is 0 Å². The second kappa shape index (κ2) is 8.79. The molecule has 2 rings (SSSR count). The Labute approximate surface area is 153 Å². The van der Waals surface area contributed by atoms with Crippen LogP contribution >= 0.6 is 0 Å². The van der Waals surface area contributed by atoms with Crippen LogP contribution in [0.25, 0.3) is 0 Å². The number of para-hydroxylation sites is 1. The first-order chi connectivity index (χ1) is 12.3. The molecule has 0 aliphatic rings. The third-order valence-corrected chi connectivity index (χ3v) is 4.72. The minimum atomic E-state index is -3.71. The van der Waals surface area contributed by atoms with E-state index in [0.717, 1.165) is 16.9 Å². The smallest absolute Gasteiger partial charge is 0.238 e. The predicted molar refractivity (Wildman–Crippen MR) is 99.0 cm³/mol. The number of methoxy groups -OCH3 is 1. The third-order valence-electron chi connectivity index (χ3n) is 3.79. The highest BCUT2D eigenvalue weighted by molar-refractivity contribution is 7.89. The van der Waals surface area contributed by atoms with Gasteiger partial charge in [-0.25, -0.2) is 13.6 Å². The molecule has 140 valence electrons. The molecule has 7 nitrogen and oxygen atoms in total. The van der Waals surface area contributed by atoms with Crippen LogP contribution < -0.4 is 15.2 Å². The molecule has 3 N–H and O–H groups in total. The van der Waals surface area contributed by atoms with Gasteiger partial charge in [-0.15, -0.1) is 0 Å². The van der Waals surface area contributed by atoms with Gasteiger partial charge in [-0.3, -0.25) is 9.69 Å². The largest absolute Gasteiger partial charge is 0.496 e. The summed E-state index contributed by atoms with van der Waals surface area (Å²) in [6, 6.07) is 13.8. The molecule has 0 aliphatic carbocycles. The lowest BCUT2D eigenvalue weighted by Crippen LogP contribution is -2.34. The van der Waals surface area contributed by atoms with Crippen molar-refractivity contribution in [3.05, 3.63) is 59.7 Å².